The van der Waals surface area contributed by atoms with Gasteiger partial charge in [0.15, 0.2) is 0 Å². The molecule has 0 aliphatic rings. The largest absolute Gasteiger partial charge is 0.329 e. The third-order valence-electron chi connectivity index (χ3n) is 2.02. The molecule has 2 aromatic rings. The molecule has 0 atom stereocenters. The summed E-state index contributed by atoms with van der Waals surface area (Å²) >= 11 is 0. The van der Waals surface area contributed by atoms with Crippen molar-refractivity contribution in [3.8, 4) is 0 Å². The molecule has 5 heteroatoms. The fraction of sp³-hybridized carbons (Fsp3) is 0.222. The molecule has 2 rings (SSSR count). The van der Waals surface area contributed by atoms with Crippen LogP contribution in [0.25, 0.3) is 10.9 Å². The highest BCUT2D eigenvalue weighted by Gasteiger charge is 2.01. The Hall–Kier alpha value is -1.75. The molecule has 0 aromatic carbocycles. The van der Waals surface area contributed by atoms with Gasteiger partial charge in [0, 0.05) is 25.5 Å². The molecule has 0 fully saturated rings. The van der Waals surface area contributed by atoms with E-state index in [0.717, 1.165) is 0 Å². The van der Waals surface area contributed by atoms with Crippen LogP contribution in [-0.2, 0) is 6.54 Å². The van der Waals surface area contributed by atoms with Crippen LogP contribution in [-0.4, -0.2) is 21.1 Å². The summed E-state index contributed by atoms with van der Waals surface area (Å²) in [4.78, 5) is 19.6. The van der Waals surface area contributed by atoms with Crippen LogP contribution in [0, 0.1) is 0 Å². The summed E-state index contributed by atoms with van der Waals surface area (Å²) < 4.78 is 1.56. The van der Waals surface area contributed by atoms with Gasteiger partial charge in [0.05, 0.1) is 10.9 Å². The van der Waals surface area contributed by atoms with Gasteiger partial charge in [-0.25, -0.2) is 9.97 Å². The van der Waals surface area contributed by atoms with Gasteiger partial charge in [-0.05, 0) is 6.07 Å². The van der Waals surface area contributed by atoms with Crippen molar-refractivity contribution >= 4 is 10.9 Å². The Labute approximate surface area is 80.2 Å². The van der Waals surface area contributed by atoms with Crippen molar-refractivity contribution in [2.75, 3.05) is 6.54 Å². The van der Waals surface area contributed by atoms with Crippen LogP contribution in [0.4, 0.5) is 0 Å². The van der Waals surface area contributed by atoms with Gasteiger partial charge < -0.3 is 10.3 Å². The lowest BCUT2D eigenvalue weighted by Gasteiger charge is -2.03. The zero-order valence-corrected chi connectivity index (χ0v) is 7.55. The van der Waals surface area contributed by atoms with Crippen LogP contribution in [0.1, 0.15) is 0 Å². The molecule has 0 amide bonds. The topological polar surface area (TPSA) is 73.8 Å². The molecule has 72 valence electrons. The molecule has 2 aromatic heterocycles. The quantitative estimate of drug-likeness (QED) is 0.708. The lowest BCUT2D eigenvalue weighted by Crippen LogP contribution is -2.23. The Kier molecular flexibility index (Phi) is 2.24. The molecular weight excluding hydrogens is 180 g/mol. The van der Waals surface area contributed by atoms with Crippen LogP contribution in [0.5, 0.6) is 0 Å². The number of pyridine rings is 1. The molecule has 5 nitrogen and oxygen atoms in total. The monoisotopic (exact) mass is 190 g/mol. The summed E-state index contributed by atoms with van der Waals surface area (Å²) in [6, 6.07) is 1.79. The number of fused-ring (bicyclic) bond motifs is 1. The SMILES string of the molecule is NCCn1ccc2ncncc2c1=O. The number of aromatic nitrogens is 3. The van der Waals surface area contributed by atoms with Crippen LogP contribution in [0.15, 0.2) is 29.6 Å². The second-order valence-electron chi connectivity index (χ2n) is 2.92. The second kappa shape index (κ2) is 3.55. The van der Waals surface area contributed by atoms with E-state index in [1.54, 1.807) is 16.8 Å². The standard InChI is InChI=1S/C9H10N4O/c10-2-4-13-3-1-8-7(9(13)14)5-11-6-12-8/h1,3,5-6H,2,4,10H2. The summed E-state index contributed by atoms with van der Waals surface area (Å²) in [6.45, 7) is 0.961. The van der Waals surface area contributed by atoms with Gasteiger partial charge in [-0.15, -0.1) is 0 Å². The first-order valence-corrected chi connectivity index (χ1v) is 4.32. The van der Waals surface area contributed by atoms with Gasteiger partial charge in [0.2, 0.25) is 0 Å². The number of rotatable bonds is 2. The molecule has 0 unspecified atom stereocenters. The Bertz CT molecular complexity index is 505. The van der Waals surface area contributed by atoms with Gasteiger partial charge in [-0.3, -0.25) is 4.79 Å². The zero-order valence-electron chi connectivity index (χ0n) is 7.55. The van der Waals surface area contributed by atoms with Gasteiger partial charge in [0.25, 0.3) is 5.56 Å². The van der Waals surface area contributed by atoms with Gasteiger partial charge in [-0.1, -0.05) is 0 Å². The number of nitrogens with zero attached hydrogens (tertiary/aromatic N) is 3. The second-order valence-corrected chi connectivity index (χ2v) is 2.92. The van der Waals surface area contributed by atoms with Crippen LogP contribution < -0.4 is 11.3 Å². The zero-order chi connectivity index (χ0) is 9.97. The Morgan fingerprint density at radius 1 is 1.50 bits per heavy atom. The fourth-order valence-electron chi connectivity index (χ4n) is 1.33. The first-order chi connectivity index (χ1) is 6.83. The van der Waals surface area contributed by atoms with E-state index < -0.39 is 0 Å². The Morgan fingerprint density at radius 2 is 2.36 bits per heavy atom. The van der Waals surface area contributed by atoms with E-state index in [1.165, 1.54) is 12.5 Å². The van der Waals surface area contributed by atoms with Crippen molar-refractivity contribution in [3.63, 3.8) is 0 Å². The fourth-order valence-corrected chi connectivity index (χ4v) is 1.33. The number of hydrogen-bond acceptors (Lipinski definition) is 4. The predicted molar refractivity (Wildman–Crippen MR) is 52.9 cm³/mol. The molecule has 0 aliphatic carbocycles. The van der Waals surface area contributed by atoms with E-state index in [4.69, 9.17) is 5.73 Å². The predicted octanol–water partition coefficient (Wildman–Crippen LogP) is -0.250. The minimum Gasteiger partial charge on any atom is -0.329 e. The first-order valence-electron chi connectivity index (χ1n) is 4.32. The van der Waals surface area contributed by atoms with Crippen LogP contribution in [0.3, 0.4) is 0 Å². The molecule has 2 N–H and O–H groups in total. The maximum atomic E-state index is 11.7. The molecule has 2 heterocycles. The van der Waals surface area contributed by atoms with Crippen LogP contribution in [0.2, 0.25) is 0 Å². The lowest BCUT2D eigenvalue weighted by molar-refractivity contribution is 0.686. The van der Waals surface area contributed by atoms with E-state index >= 15 is 0 Å². The van der Waals surface area contributed by atoms with Crippen molar-refractivity contribution in [1.29, 1.82) is 0 Å². The highest BCUT2D eigenvalue weighted by molar-refractivity contribution is 5.75. The van der Waals surface area contributed by atoms with Crippen molar-refractivity contribution in [1.82, 2.24) is 14.5 Å². The summed E-state index contributed by atoms with van der Waals surface area (Å²) in [6.07, 6.45) is 4.65. The van der Waals surface area contributed by atoms with E-state index in [0.29, 0.717) is 24.0 Å². The summed E-state index contributed by atoms with van der Waals surface area (Å²) in [7, 11) is 0. The van der Waals surface area contributed by atoms with Gasteiger partial charge in [-0.2, -0.15) is 0 Å². The smallest absolute Gasteiger partial charge is 0.261 e. The van der Waals surface area contributed by atoms with Crippen molar-refractivity contribution < 1.29 is 0 Å². The Balaban J connectivity index is 2.69. The third kappa shape index (κ3) is 1.38. The van der Waals surface area contributed by atoms with Crippen molar-refractivity contribution in [3.05, 3.63) is 35.1 Å². The average molecular weight is 190 g/mol. The van der Waals surface area contributed by atoms with E-state index in [9.17, 15) is 4.79 Å². The van der Waals surface area contributed by atoms with E-state index in [-0.39, 0.29) is 5.56 Å². The van der Waals surface area contributed by atoms with Gasteiger partial charge >= 0.3 is 0 Å². The number of hydrogen-bond donors (Lipinski definition) is 1. The molecule has 0 saturated heterocycles. The highest BCUT2D eigenvalue weighted by Crippen LogP contribution is 2.02. The molecule has 14 heavy (non-hydrogen) atoms. The molecular formula is C9H10N4O. The summed E-state index contributed by atoms with van der Waals surface area (Å²) in [5, 5.41) is 0.531. The normalized spacial score (nSPS) is 10.6. The summed E-state index contributed by atoms with van der Waals surface area (Å²) in [5.74, 6) is 0. The van der Waals surface area contributed by atoms with Crippen LogP contribution >= 0.6 is 0 Å². The molecule has 0 bridgehead atoms. The van der Waals surface area contributed by atoms with Gasteiger partial charge in [0.1, 0.15) is 6.33 Å². The lowest BCUT2D eigenvalue weighted by atomic mass is 10.3. The molecule has 0 saturated carbocycles. The summed E-state index contributed by atoms with van der Waals surface area (Å²) in [5.41, 5.74) is 5.96. The Morgan fingerprint density at radius 3 is 3.14 bits per heavy atom. The first kappa shape index (κ1) is 8.83. The molecule has 0 spiro atoms. The third-order valence-corrected chi connectivity index (χ3v) is 2.02. The maximum Gasteiger partial charge on any atom is 0.261 e. The highest BCUT2D eigenvalue weighted by atomic mass is 16.1. The van der Waals surface area contributed by atoms with Crippen molar-refractivity contribution in [2.24, 2.45) is 5.73 Å². The van der Waals surface area contributed by atoms with E-state index in [1.807, 2.05) is 0 Å². The minimum absolute atomic E-state index is 0.0893. The molecule has 0 radical (unpaired) electrons. The number of nitrogens with two attached hydrogens (primary N) is 1. The van der Waals surface area contributed by atoms with Crippen molar-refractivity contribution in [2.45, 2.75) is 6.54 Å². The maximum absolute atomic E-state index is 11.7. The van der Waals surface area contributed by atoms with E-state index in [2.05, 4.69) is 9.97 Å². The average Bonchev–Trinajstić information content (AvgIpc) is 2.23. The molecule has 0 aliphatic heterocycles. The minimum atomic E-state index is -0.0893.